The first kappa shape index (κ1) is 23.3. The Hall–Kier alpha value is -1.94. The van der Waals surface area contributed by atoms with Crippen molar-refractivity contribution in [3.8, 4) is 5.88 Å². The Balaban J connectivity index is 0.00000300. The van der Waals surface area contributed by atoms with Gasteiger partial charge in [-0.25, -0.2) is 14.4 Å². The number of morpholine rings is 1. The fourth-order valence-electron chi connectivity index (χ4n) is 3.20. The lowest BCUT2D eigenvalue weighted by Crippen LogP contribution is -2.50. The summed E-state index contributed by atoms with van der Waals surface area (Å²) in [5.74, 6) is 1.18. The van der Waals surface area contributed by atoms with Gasteiger partial charge in [0.2, 0.25) is 5.88 Å². The predicted molar refractivity (Wildman–Crippen MR) is 122 cm³/mol. The maximum absolute atomic E-state index is 13.3. The molecule has 1 aliphatic rings. The minimum absolute atomic E-state index is 0. The monoisotopic (exact) mass is 514 g/mol. The van der Waals surface area contributed by atoms with Crippen molar-refractivity contribution >= 4 is 29.9 Å². The van der Waals surface area contributed by atoms with Gasteiger partial charge in [-0.05, 0) is 37.1 Å². The zero-order valence-electron chi connectivity index (χ0n) is 17.0. The summed E-state index contributed by atoms with van der Waals surface area (Å²) in [4.78, 5) is 11.2. The zero-order chi connectivity index (χ0) is 19.9. The molecule has 2 atom stereocenters. The Morgan fingerprint density at radius 3 is 2.66 bits per heavy atom. The van der Waals surface area contributed by atoms with Crippen LogP contribution in [0.3, 0.4) is 0 Å². The number of halogens is 2. The van der Waals surface area contributed by atoms with E-state index >= 15 is 0 Å². The average molecular weight is 514 g/mol. The van der Waals surface area contributed by atoms with Gasteiger partial charge in [-0.15, -0.1) is 24.0 Å². The number of guanidine groups is 1. The third kappa shape index (κ3) is 6.53. The lowest BCUT2D eigenvalue weighted by atomic mass is 10.1. The lowest BCUT2D eigenvalue weighted by molar-refractivity contribution is -0.0605. The van der Waals surface area contributed by atoms with Crippen LogP contribution in [-0.4, -0.2) is 48.7 Å². The van der Waals surface area contributed by atoms with Gasteiger partial charge in [-0.2, -0.15) is 0 Å². The van der Waals surface area contributed by atoms with E-state index in [1.165, 1.54) is 12.1 Å². The van der Waals surface area contributed by atoms with Crippen LogP contribution in [0.4, 0.5) is 4.39 Å². The summed E-state index contributed by atoms with van der Waals surface area (Å²) < 4.78 is 24.4. The molecule has 2 heterocycles. The summed E-state index contributed by atoms with van der Waals surface area (Å²) in [6.07, 6.45) is 1.68. The van der Waals surface area contributed by atoms with E-state index in [0.717, 1.165) is 30.2 Å². The third-order valence-electron chi connectivity index (χ3n) is 4.55. The molecule has 2 aromatic rings. The Morgan fingerprint density at radius 1 is 1.28 bits per heavy atom. The summed E-state index contributed by atoms with van der Waals surface area (Å²) in [5.41, 5.74) is 1.97. The molecule has 6 nitrogen and oxygen atoms in total. The molecule has 0 radical (unpaired) electrons. The second-order valence-electron chi connectivity index (χ2n) is 6.77. The highest BCUT2D eigenvalue weighted by Crippen LogP contribution is 2.25. The van der Waals surface area contributed by atoms with Gasteiger partial charge in [-0.3, -0.25) is 0 Å². The molecule has 1 fully saturated rings. The first-order chi connectivity index (χ1) is 13.6. The second kappa shape index (κ2) is 11.3. The van der Waals surface area contributed by atoms with Crippen LogP contribution in [-0.2, 0) is 11.3 Å². The molecular weight excluding hydrogens is 486 g/mol. The number of rotatable bonds is 5. The number of pyridine rings is 1. The number of aromatic nitrogens is 1. The molecule has 1 aromatic carbocycles. The van der Waals surface area contributed by atoms with Gasteiger partial charge in [0, 0.05) is 25.4 Å². The van der Waals surface area contributed by atoms with E-state index in [1.54, 1.807) is 25.4 Å². The smallest absolute Gasteiger partial charge is 0.212 e. The highest BCUT2D eigenvalue weighted by atomic mass is 127. The van der Waals surface area contributed by atoms with Crippen LogP contribution in [0.2, 0.25) is 0 Å². The Labute approximate surface area is 188 Å². The van der Waals surface area contributed by atoms with Gasteiger partial charge >= 0.3 is 0 Å². The molecule has 0 aliphatic carbocycles. The molecule has 0 saturated carbocycles. The van der Waals surface area contributed by atoms with Crippen LogP contribution >= 0.6 is 24.0 Å². The van der Waals surface area contributed by atoms with Crippen LogP contribution < -0.4 is 10.1 Å². The van der Waals surface area contributed by atoms with Gasteiger partial charge in [0.05, 0.1) is 26.3 Å². The normalized spacial score (nSPS) is 19.4. The summed E-state index contributed by atoms with van der Waals surface area (Å²) in [5, 5.41) is 3.36. The standard InChI is InChI=1S/C21H27FN4O2.HI/c1-4-23-21(25-12-16-5-10-20(27-3)24-11-16)26-13-15(2)28-19(14-26)17-6-8-18(22)9-7-17;/h5-11,15,19H,4,12-14H2,1-3H3,(H,23,25);1H. The summed E-state index contributed by atoms with van der Waals surface area (Å²) in [6.45, 7) is 6.78. The number of aliphatic imine (C=N–C) groups is 1. The van der Waals surface area contributed by atoms with E-state index in [2.05, 4.69) is 15.2 Å². The number of nitrogens with zero attached hydrogens (tertiary/aromatic N) is 3. The average Bonchev–Trinajstić information content (AvgIpc) is 2.71. The van der Waals surface area contributed by atoms with Gasteiger partial charge in [0.25, 0.3) is 0 Å². The maximum Gasteiger partial charge on any atom is 0.212 e. The largest absolute Gasteiger partial charge is 0.481 e. The van der Waals surface area contributed by atoms with Crippen LogP contribution in [0.15, 0.2) is 47.6 Å². The zero-order valence-corrected chi connectivity index (χ0v) is 19.3. The van der Waals surface area contributed by atoms with Crippen molar-refractivity contribution in [1.82, 2.24) is 15.2 Å². The quantitative estimate of drug-likeness (QED) is 0.374. The molecule has 0 bridgehead atoms. The molecule has 1 saturated heterocycles. The summed E-state index contributed by atoms with van der Waals surface area (Å²) in [6, 6.07) is 10.3. The molecule has 0 spiro atoms. The number of hydrogen-bond acceptors (Lipinski definition) is 4. The van der Waals surface area contributed by atoms with Gasteiger partial charge in [-0.1, -0.05) is 18.2 Å². The first-order valence-electron chi connectivity index (χ1n) is 9.52. The molecule has 1 aromatic heterocycles. The highest BCUT2D eigenvalue weighted by molar-refractivity contribution is 14.0. The minimum Gasteiger partial charge on any atom is -0.481 e. The molecule has 158 valence electrons. The van der Waals surface area contributed by atoms with E-state index in [1.807, 2.05) is 26.0 Å². The van der Waals surface area contributed by atoms with E-state index < -0.39 is 0 Å². The van der Waals surface area contributed by atoms with Crippen molar-refractivity contribution in [3.05, 3.63) is 59.5 Å². The number of methoxy groups -OCH3 is 1. The van der Waals surface area contributed by atoms with Gasteiger partial charge < -0.3 is 19.7 Å². The van der Waals surface area contributed by atoms with Crippen molar-refractivity contribution in [2.24, 2.45) is 4.99 Å². The fraction of sp³-hybridized carbons (Fsp3) is 0.429. The number of hydrogen-bond donors (Lipinski definition) is 1. The van der Waals surface area contributed by atoms with Crippen LogP contribution in [0, 0.1) is 5.82 Å². The van der Waals surface area contributed by atoms with E-state index in [-0.39, 0.29) is 42.0 Å². The number of benzene rings is 1. The Kier molecular flexibility index (Phi) is 9.09. The minimum atomic E-state index is -0.243. The van der Waals surface area contributed by atoms with Crippen molar-refractivity contribution in [3.63, 3.8) is 0 Å². The van der Waals surface area contributed by atoms with Crippen molar-refractivity contribution in [2.45, 2.75) is 32.6 Å². The van der Waals surface area contributed by atoms with Gasteiger partial charge in [0.15, 0.2) is 5.96 Å². The van der Waals surface area contributed by atoms with E-state index in [9.17, 15) is 4.39 Å². The topological polar surface area (TPSA) is 59.0 Å². The lowest BCUT2D eigenvalue weighted by Gasteiger charge is -2.38. The molecule has 2 unspecified atom stereocenters. The number of ether oxygens (including phenoxy) is 2. The SMILES string of the molecule is CCNC(=NCc1ccc(OC)nc1)N1CC(C)OC(c2ccc(F)cc2)C1.I. The second-order valence-corrected chi connectivity index (χ2v) is 6.77. The molecule has 8 heteroatoms. The molecule has 29 heavy (non-hydrogen) atoms. The third-order valence-corrected chi connectivity index (χ3v) is 4.55. The van der Waals surface area contributed by atoms with Crippen LogP contribution in [0.25, 0.3) is 0 Å². The summed E-state index contributed by atoms with van der Waals surface area (Å²) >= 11 is 0. The van der Waals surface area contributed by atoms with E-state index in [0.29, 0.717) is 19.0 Å². The molecule has 1 aliphatic heterocycles. The molecule has 3 rings (SSSR count). The predicted octanol–water partition coefficient (Wildman–Crippen LogP) is 3.77. The van der Waals surface area contributed by atoms with Crippen molar-refractivity contribution in [2.75, 3.05) is 26.7 Å². The maximum atomic E-state index is 13.3. The molecular formula is C21H28FIN4O2. The van der Waals surface area contributed by atoms with Gasteiger partial charge in [0.1, 0.15) is 11.9 Å². The highest BCUT2D eigenvalue weighted by Gasteiger charge is 2.28. The van der Waals surface area contributed by atoms with Crippen LogP contribution in [0.5, 0.6) is 5.88 Å². The van der Waals surface area contributed by atoms with Crippen LogP contribution in [0.1, 0.15) is 31.1 Å². The first-order valence-corrected chi connectivity index (χ1v) is 9.52. The molecule has 1 N–H and O–H groups in total. The molecule has 0 amide bonds. The number of nitrogens with one attached hydrogen (secondary N) is 1. The fourth-order valence-corrected chi connectivity index (χ4v) is 3.20. The van der Waals surface area contributed by atoms with Crippen molar-refractivity contribution in [1.29, 1.82) is 0 Å². The Bertz CT molecular complexity index is 786. The Morgan fingerprint density at radius 2 is 2.03 bits per heavy atom. The van der Waals surface area contributed by atoms with Crippen molar-refractivity contribution < 1.29 is 13.9 Å². The van der Waals surface area contributed by atoms with E-state index in [4.69, 9.17) is 14.5 Å². The summed E-state index contributed by atoms with van der Waals surface area (Å²) in [7, 11) is 1.60.